The lowest BCUT2D eigenvalue weighted by atomic mass is 10.2. The van der Waals surface area contributed by atoms with Gasteiger partial charge in [-0.2, -0.15) is 14.5 Å². The zero-order valence-electron chi connectivity index (χ0n) is 14.1. The van der Waals surface area contributed by atoms with Gasteiger partial charge in [-0.15, -0.1) is 0 Å². The maximum absolute atomic E-state index is 12.4. The van der Waals surface area contributed by atoms with Crippen molar-refractivity contribution >= 4 is 26.8 Å². The number of carbonyl (C=O) groups is 1. The molecule has 136 valence electrons. The number of aromatic amines is 1. The molecular weight excluding hydrogens is 356 g/mol. The van der Waals surface area contributed by atoms with Crippen LogP contribution in [-0.4, -0.2) is 51.4 Å². The summed E-state index contributed by atoms with van der Waals surface area (Å²) >= 11 is 0. The number of nitrogens with zero attached hydrogens (tertiary/aromatic N) is 4. The highest BCUT2D eigenvalue weighted by Crippen LogP contribution is 2.17. The number of rotatable bonds is 4. The van der Waals surface area contributed by atoms with E-state index in [0.29, 0.717) is 31.0 Å². The fourth-order valence-corrected chi connectivity index (χ4v) is 3.84. The predicted molar refractivity (Wildman–Crippen MR) is 94.7 cm³/mol. The molecule has 0 saturated carbocycles. The molecule has 2 N–H and O–H groups in total. The lowest BCUT2D eigenvalue weighted by molar-refractivity contribution is 0.0947. The number of nitrogens with one attached hydrogen (secondary N) is 2. The number of fused-ring (bicyclic) bond motifs is 2. The second kappa shape index (κ2) is 6.22. The Morgan fingerprint density at radius 1 is 1.31 bits per heavy atom. The Kier molecular flexibility index (Phi) is 4.00. The molecule has 1 aromatic carbocycles. The largest absolute Gasteiger partial charge is 0.345 e. The van der Waals surface area contributed by atoms with E-state index in [9.17, 15) is 13.2 Å². The van der Waals surface area contributed by atoms with Crippen molar-refractivity contribution in [1.29, 1.82) is 0 Å². The van der Waals surface area contributed by atoms with Gasteiger partial charge in [-0.25, -0.2) is 8.42 Å². The summed E-state index contributed by atoms with van der Waals surface area (Å²) in [6.45, 7) is 1.45. The van der Waals surface area contributed by atoms with Gasteiger partial charge >= 0.3 is 0 Å². The first-order valence-electron chi connectivity index (χ1n) is 8.14. The van der Waals surface area contributed by atoms with Gasteiger partial charge in [0.2, 0.25) is 10.0 Å². The summed E-state index contributed by atoms with van der Waals surface area (Å²) in [6.07, 6.45) is 1.20. The Bertz CT molecular complexity index is 1080. The monoisotopic (exact) mass is 374 g/mol. The third-order valence-corrected chi connectivity index (χ3v) is 5.65. The van der Waals surface area contributed by atoms with Crippen LogP contribution in [0.2, 0.25) is 0 Å². The summed E-state index contributed by atoms with van der Waals surface area (Å²) in [4.78, 5) is 12.4. The molecule has 0 fully saturated rings. The second-order valence-electron chi connectivity index (χ2n) is 6.25. The number of amides is 1. The highest BCUT2D eigenvalue weighted by atomic mass is 32.2. The van der Waals surface area contributed by atoms with Gasteiger partial charge in [0.1, 0.15) is 0 Å². The van der Waals surface area contributed by atoms with E-state index in [4.69, 9.17) is 0 Å². The summed E-state index contributed by atoms with van der Waals surface area (Å²) in [5.41, 5.74) is 2.64. The zero-order chi connectivity index (χ0) is 18.3. The summed E-state index contributed by atoms with van der Waals surface area (Å²) < 4.78 is 26.6. The SMILES string of the molecule is CS(=O)(=O)N1CCn2nc(CNC(=O)c3n[nH]c4ccccc34)cc2C1. The van der Waals surface area contributed by atoms with Crippen LogP contribution < -0.4 is 5.32 Å². The van der Waals surface area contributed by atoms with Crippen molar-refractivity contribution in [3.8, 4) is 0 Å². The average Bonchev–Trinajstić information content (AvgIpc) is 3.21. The van der Waals surface area contributed by atoms with Gasteiger partial charge in [0.05, 0.1) is 42.8 Å². The van der Waals surface area contributed by atoms with Gasteiger partial charge in [0.25, 0.3) is 5.91 Å². The fraction of sp³-hybridized carbons (Fsp3) is 0.312. The van der Waals surface area contributed by atoms with E-state index in [0.717, 1.165) is 16.6 Å². The van der Waals surface area contributed by atoms with Crippen LogP contribution in [0, 0.1) is 0 Å². The minimum Gasteiger partial charge on any atom is -0.345 e. The number of hydrogen-bond acceptors (Lipinski definition) is 5. The molecule has 1 aliphatic heterocycles. The van der Waals surface area contributed by atoms with E-state index < -0.39 is 10.0 Å². The standard InChI is InChI=1S/C16H18N6O3S/c1-26(24,25)21-6-7-22-12(10-21)8-11(20-22)9-17-16(23)15-13-4-2-3-5-14(13)18-19-15/h2-5,8H,6-7,9-10H2,1H3,(H,17,23)(H,18,19). The van der Waals surface area contributed by atoms with E-state index in [1.165, 1.54) is 10.6 Å². The Hall–Kier alpha value is -2.72. The molecule has 0 atom stereocenters. The van der Waals surface area contributed by atoms with Crippen molar-refractivity contribution < 1.29 is 13.2 Å². The minimum absolute atomic E-state index is 0.249. The Morgan fingerprint density at radius 3 is 2.92 bits per heavy atom. The molecule has 2 aromatic heterocycles. The molecule has 3 aromatic rings. The normalized spacial score (nSPS) is 15.1. The van der Waals surface area contributed by atoms with Crippen LogP contribution in [-0.2, 0) is 29.7 Å². The maximum atomic E-state index is 12.4. The van der Waals surface area contributed by atoms with Crippen molar-refractivity contribution in [1.82, 2.24) is 29.6 Å². The molecule has 26 heavy (non-hydrogen) atoms. The Morgan fingerprint density at radius 2 is 2.12 bits per heavy atom. The summed E-state index contributed by atoms with van der Waals surface area (Å²) in [6, 6.07) is 9.24. The number of aromatic nitrogens is 4. The summed E-state index contributed by atoms with van der Waals surface area (Å²) in [5.74, 6) is -0.286. The number of hydrogen-bond donors (Lipinski definition) is 2. The number of carbonyl (C=O) groups excluding carboxylic acids is 1. The molecule has 0 unspecified atom stereocenters. The first-order chi connectivity index (χ1) is 12.4. The maximum Gasteiger partial charge on any atom is 0.272 e. The van der Waals surface area contributed by atoms with E-state index in [1.807, 2.05) is 30.3 Å². The van der Waals surface area contributed by atoms with Crippen LogP contribution >= 0.6 is 0 Å². The highest BCUT2D eigenvalue weighted by molar-refractivity contribution is 7.88. The molecule has 0 saturated heterocycles. The van der Waals surface area contributed by atoms with E-state index in [2.05, 4.69) is 20.6 Å². The number of H-pyrrole nitrogens is 1. The van der Waals surface area contributed by atoms with Crippen LogP contribution in [0.5, 0.6) is 0 Å². The second-order valence-corrected chi connectivity index (χ2v) is 8.23. The molecule has 0 aliphatic carbocycles. The smallest absolute Gasteiger partial charge is 0.272 e. The van der Waals surface area contributed by atoms with Gasteiger partial charge in [0.15, 0.2) is 5.69 Å². The van der Waals surface area contributed by atoms with Gasteiger partial charge in [-0.05, 0) is 12.1 Å². The molecule has 9 nitrogen and oxygen atoms in total. The molecular formula is C16H18N6O3S. The molecule has 10 heteroatoms. The predicted octanol–water partition coefficient (Wildman–Crippen LogP) is 0.465. The van der Waals surface area contributed by atoms with Crippen molar-refractivity contribution in [3.05, 3.63) is 47.4 Å². The van der Waals surface area contributed by atoms with Crippen molar-refractivity contribution in [2.75, 3.05) is 12.8 Å². The minimum atomic E-state index is -3.22. The molecule has 0 bridgehead atoms. The fourth-order valence-electron chi connectivity index (χ4n) is 3.06. The van der Waals surface area contributed by atoms with E-state index in [-0.39, 0.29) is 12.5 Å². The van der Waals surface area contributed by atoms with Crippen LogP contribution in [0.25, 0.3) is 10.9 Å². The van der Waals surface area contributed by atoms with Gasteiger partial charge < -0.3 is 5.32 Å². The summed E-state index contributed by atoms with van der Waals surface area (Å²) in [7, 11) is -3.22. The average molecular weight is 374 g/mol. The van der Waals surface area contributed by atoms with Gasteiger partial charge in [-0.3, -0.25) is 14.6 Å². The van der Waals surface area contributed by atoms with E-state index in [1.54, 1.807) is 4.68 Å². The highest BCUT2D eigenvalue weighted by Gasteiger charge is 2.24. The van der Waals surface area contributed by atoms with Crippen molar-refractivity contribution in [2.45, 2.75) is 19.6 Å². The third-order valence-electron chi connectivity index (χ3n) is 4.40. The zero-order valence-corrected chi connectivity index (χ0v) is 15.0. The lowest BCUT2D eigenvalue weighted by Gasteiger charge is -2.25. The van der Waals surface area contributed by atoms with E-state index >= 15 is 0 Å². The number of sulfonamides is 1. The van der Waals surface area contributed by atoms with Gasteiger partial charge in [-0.1, -0.05) is 18.2 Å². The molecule has 0 radical (unpaired) electrons. The van der Waals surface area contributed by atoms with Crippen molar-refractivity contribution in [2.24, 2.45) is 0 Å². The van der Waals surface area contributed by atoms with Crippen LogP contribution in [0.1, 0.15) is 21.9 Å². The summed E-state index contributed by atoms with van der Waals surface area (Å²) in [5, 5.41) is 14.9. The quantitative estimate of drug-likeness (QED) is 0.689. The van der Waals surface area contributed by atoms with Gasteiger partial charge in [0, 0.05) is 11.9 Å². The first-order valence-corrected chi connectivity index (χ1v) is 9.99. The topological polar surface area (TPSA) is 113 Å². The number of para-hydroxylation sites is 1. The van der Waals surface area contributed by atoms with Crippen LogP contribution in [0.15, 0.2) is 30.3 Å². The van der Waals surface area contributed by atoms with Crippen LogP contribution in [0.4, 0.5) is 0 Å². The Balaban J connectivity index is 1.46. The first kappa shape index (κ1) is 16.7. The molecule has 3 heterocycles. The lowest BCUT2D eigenvalue weighted by Crippen LogP contribution is -2.37. The molecule has 4 rings (SSSR count). The molecule has 1 amide bonds. The Labute approximate surface area is 150 Å². The number of benzene rings is 1. The molecule has 1 aliphatic rings. The van der Waals surface area contributed by atoms with Crippen LogP contribution in [0.3, 0.4) is 0 Å². The third kappa shape index (κ3) is 3.08. The molecule has 0 spiro atoms. The van der Waals surface area contributed by atoms with Crippen molar-refractivity contribution in [3.63, 3.8) is 0 Å².